The molecule has 0 spiro atoms. The first-order chi connectivity index (χ1) is 11.2. The molecule has 0 saturated carbocycles. The van der Waals surface area contributed by atoms with Crippen molar-refractivity contribution >= 4 is 28.6 Å². The molecule has 124 valence electrons. The minimum absolute atomic E-state index is 0.0195. The second kappa shape index (κ2) is 7.12. The fourth-order valence-electron chi connectivity index (χ4n) is 2.92. The zero-order valence-corrected chi connectivity index (χ0v) is 14.1. The van der Waals surface area contributed by atoms with Gasteiger partial charge in [-0.25, -0.2) is 0 Å². The summed E-state index contributed by atoms with van der Waals surface area (Å²) < 4.78 is 5.40. The van der Waals surface area contributed by atoms with Crippen LogP contribution >= 0.6 is 11.8 Å². The standard InChI is InChI=1S/C16H21N3O3S/c1-22-14-5-3-2-4-13(14)17-6-8-18(9-7-17)15(20)12-19-10-11-23-16(19)21/h2-5H,6-12H2,1H3. The summed E-state index contributed by atoms with van der Waals surface area (Å²) in [7, 11) is 1.67. The number of hydrogen-bond acceptors (Lipinski definition) is 5. The Balaban J connectivity index is 1.55. The summed E-state index contributed by atoms with van der Waals surface area (Å²) in [6, 6.07) is 7.93. The zero-order chi connectivity index (χ0) is 16.2. The predicted octanol–water partition coefficient (Wildman–Crippen LogP) is 1.51. The first kappa shape index (κ1) is 16.0. The van der Waals surface area contributed by atoms with Gasteiger partial charge in [-0.15, -0.1) is 0 Å². The number of piperazine rings is 1. The summed E-state index contributed by atoms with van der Waals surface area (Å²) in [5, 5.41) is 0.0195. The Kier molecular flexibility index (Phi) is 4.95. The number of para-hydroxylation sites is 2. The molecule has 3 rings (SSSR count). The molecule has 2 amide bonds. The van der Waals surface area contributed by atoms with Gasteiger partial charge < -0.3 is 19.4 Å². The number of methoxy groups -OCH3 is 1. The molecule has 0 unspecified atom stereocenters. The molecule has 2 aliphatic heterocycles. The van der Waals surface area contributed by atoms with Crippen LogP contribution in [0.2, 0.25) is 0 Å². The van der Waals surface area contributed by atoms with Crippen molar-refractivity contribution in [3.8, 4) is 5.75 Å². The molecule has 0 aliphatic carbocycles. The third-order valence-electron chi connectivity index (χ3n) is 4.23. The van der Waals surface area contributed by atoms with E-state index in [1.54, 1.807) is 12.0 Å². The van der Waals surface area contributed by atoms with Crippen molar-refractivity contribution in [2.75, 3.05) is 57.0 Å². The highest BCUT2D eigenvalue weighted by atomic mass is 32.2. The number of carbonyl (C=O) groups is 2. The van der Waals surface area contributed by atoms with E-state index in [9.17, 15) is 9.59 Å². The van der Waals surface area contributed by atoms with Crippen molar-refractivity contribution in [1.82, 2.24) is 9.80 Å². The molecule has 2 heterocycles. The van der Waals surface area contributed by atoms with Gasteiger partial charge in [0.05, 0.1) is 12.8 Å². The maximum atomic E-state index is 12.3. The molecule has 0 N–H and O–H groups in total. The number of amides is 2. The second-order valence-corrected chi connectivity index (χ2v) is 6.62. The van der Waals surface area contributed by atoms with E-state index in [1.165, 1.54) is 11.8 Å². The second-order valence-electron chi connectivity index (χ2n) is 5.58. The lowest BCUT2D eigenvalue weighted by Gasteiger charge is -2.37. The summed E-state index contributed by atoms with van der Waals surface area (Å²) in [4.78, 5) is 29.7. The Labute approximate surface area is 140 Å². The van der Waals surface area contributed by atoms with E-state index >= 15 is 0 Å². The SMILES string of the molecule is COc1ccccc1N1CCN(C(=O)CN2CCSC2=O)CC1. The Morgan fingerprint density at radius 2 is 1.91 bits per heavy atom. The largest absolute Gasteiger partial charge is 0.495 e. The topological polar surface area (TPSA) is 53.1 Å². The normalized spacial score (nSPS) is 18.5. The average molecular weight is 335 g/mol. The van der Waals surface area contributed by atoms with Gasteiger partial charge in [0, 0.05) is 38.5 Å². The van der Waals surface area contributed by atoms with Crippen LogP contribution in [0.25, 0.3) is 0 Å². The van der Waals surface area contributed by atoms with Crippen LogP contribution in [0.4, 0.5) is 10.5 Å². The summed E-state index contributed by atoms with van der Waals surface area (Å²) in [6.07, 6.45) is 0. The molecule has 0 aromatic heterocycles. The monoisotopic (exact) mass is 335 g/mol. The molecule has 23 heavy (non-hydrogen) atoms. The molecule has 2 saturated heterocycles. The van der Waals surface area contributed by atoms with Gasteiger partial charge in [0.15, 0.2) is 0 Å². The minimum atomic E-state index is 0.0195. The molecule has 1 aromatic carbocycles. The van der Waals surface area contributed by atoms with Gasteiger partial charge in [-0.2, -0.15) is 0 Å². The van der Waals surface area contributed by atoms with Crippen LogP contribution < -0.4 is 9.64 Å². The molecular formula is C16H21N3O3S. The highest BCUT2D eigenvalue weighted by Crippen LogP contribution is 2.28. The van der Waals surface area contributed by atoms with Crippen LogP contribution in [0.5, 0.6) is 5.75 Å². The lowest BCUT2D eigenvalue weighted by Crippen LogP contribution is -2.51. The number of ether oxygens (including phenoxy) is 1. The number of rotatable bonds is 4. The van der Waals surface area contributed by atoms with Crippen LogP contribution in [0, 0.1) is 0 Å². The number of benzene rings is 1. The van der Waals surface area contributed by atoms with Crippen molar-refractivity contribution in [2.45, 2.75) is 0 Å². The lowest BCUT2D eigenvalue weighted by molar-refractivity contribution is -0.131. The van der Waals surface area contributed by atoms with E-state index in [0.29, 0.717) is 19.6 Å². The molecule has 7 heteroatoms. The summed E-state index contributed by atoms with van der Waals surface area (Å²) in [6.45, 7) is 3.78. The average Bonchev–Trinajstić information content (AvgIpc) is 3.00. The maximum Gasteiger partial charge on any atom is 0.282 e. The molecule has 0 bridgehead atoms. The van der Waals surface area contributed by atoms with E-state index in [-0.39, 0.29) is 17.7 Å². The fourth-order valence-corrected chi connectivity index (χ4v) is 3.75. The Bertz CT molecular complexity index is 588. The Hall–Kier alpha value is -1.89. The van der Waals surface area contributed by atoms with Gasteiger partial charge >= 0.3 is 0 Å². The smallest absolute Gasteiger partial charge is 0.282 e. The molecule has 0 radical (unpaired) electrons. The Morgan fingerprint density at radius 3 is 2.57 bits per heavy atom. The van der Waals surface area contributed by atoms with Crippen molar-refractivity contribution in [3.63, 3.8) is 0 Å². The van der Waals surface area contributed by atoms with Gasteiger partial charge in [-0.05, 0) is 12.1 Å². The first-order valence-corrected chi connectivity index (χ1v) is 8.75. The Morgan fingerprint density at radius 1 is 1.17 bits per heavy atom. The molecule has 2 fully saturated rings. The lowest BCUT2D eigenvalue weighted by atomic mass is 10.2. The van der Waals surface area contributed by atoms with Crippen molar-refractivity contribution < 1.29 is 14.3 Å². The number of nitrogens with zero attached hydrogens (tertiary/aromatic N) is 3. The molecular weight excluding hydrogens is 314 g/mol. The highest BCUT2D eigenvalue weighted by Gasteiger charge is 2.28. The van der Waals surface area contributed by atoms with Crippen LogP contribution in [0.1, 0.15) is 0 Å². The van der Waals surface area contributed by atoms with Crippen molar-refractivity contribution in [2.24, 2.45) is 0 Å². The fraction of sp³-hybridized carbons (Fsp3) is 0.500. The summed E-state index contributed by atoms with van der Waals surface area (Å²) in [5.41, 5.74) is 1.06. The third kappa shape index (κ3) is 3.55. The van der Waals surface area contributed by atoms with Crippen LogP contribution in [0.15, 0.2) is 24.3 Å². The van der Waals surface area contributed by atoms with Crippen molar-refractivity contribution in [1.29, 1.82) is 0 Å². The van der Waals surface area contributed by atoms with Gasteiger partial charge in [0.1, 0.15) is 12.3 Å². The van der Waals surface area contributed by atoms with Gasteiger partial charge in [0.2, 0.25) is 5.91 Å². The number of hydrogen-bond donors (Lipinski definition) is 0. The van der Waals surface area contributed by atoms with Gasteiger partial charge in [0.25, 0.3) is 5.24 Å². The summed E-state index contributed by atoms with van der Waals surface area (Å²) >= 11 is 1.29. The number of anilines is 1. The quantitative estimate of drug-likeness (QED) is 0.835. The van der Waals surface area contributed by atoms with Crippen LogP contribution in [0.3, 0.4) is 0 Å². The zero-order valence-electron chi connectivity index (χ0n) is 13.2. The molecule has 0 atom stereocenters. The van der Waals surface area contributed by atoms with Crippen molar-refractivity contribution in [3.05, 3.63) is 24.3 Å². The minimum Gasteiger partial charge on any atom is -0.495 e. The van der Waals surface area contributed by atoms with Crippen LogP contribution in [-0.4, -0.2) is 73.1 Å². The highest BCUT2D eigenvalue weighted by molar-refractivity contribution is 8.13. The van der Waals surface area contributed by atoms with Gasteiger partial charge in [-0.3, -0.25) is 9.59 Å². The van der Waals surface area contributed by atoms with E-state index in [2.05, 4.69) is 4.90 Å². The van der Waals surface area contributed by atoms with E-state index in [0.717, 1.165) is 30.3 Å². The molecule has 1 aromatic rings. The summed E-state index contributed by atoms with van der Waals surface area (Å²) in [5.74, 6) is 1.68. The van der Waals surface area contributed by atoms with Gasteiger partial charge in [-0.1, -0.05) is 23.9 Å². The van der Waals surface area contributed by atoms with E-state index in [4.69, 9.17) is 4.74 Å². The number of carbonyl (C=O) groups excluding carboxylic acids is 2. The molecule has 2 aliphatic rings. The first-order valence-electron chi connectivity index (χ1n) is 7.76. The predicted molar refractivity (Wildman–Crippen MR) is 91.2 cm³/mol. The van der Waals surface area contributed by atoms with E-state index < -0.39 is 0 Å². The number of thioether (sulfide) groups is 1. The maximum absolute atomic E-state index is 12.3. The molecule has 6 nitrogen and oxygen atoms in total. The van der Waals surface area contributed by atoms with E-state index in [1.807, 2.05) is 29.2 Å². The van der Waals surface area contributed by atoms with Crippen LogP contribution in [-0.2, 0) is 4.79 Å². The third-order valence-corrected chi connectivity index (χ3v) is 5.12.